The molecule has 21 heavy (non-hydrogen) atoms. The lowest BCUT2D eigenvalue weighted by Crippen LogP contribution is -2.51. The van der Waals surface area contributed by atoms with Crippen molar-refractivity contribution in [2.75, 3.05) is 40.5 Å². The molecule has 0 aromatic carbocycles. The molecule has 0 aliphatic carbocycles. The molecule has 0 atom stereocenters. The molecule has 1 fully saturated rings. The standard InChI is InChI=1S/C15H26N2O3S/c1-12-11-21-14(16-12)8-15(18)4-6-17(7-5-15)13(9-19-2)10-20-3/h11,13,18H,4-10H2,1-3H3. The number of likely N-dealkylation sites (tertiary alicyclic amines) is 1. The highest BCUT2D eigenvalue weighted by Gasteiger charge is 2.35. The minimum Gasteiger partial charge on any atom is -0.389 e. The van der Waals surface area contributed by atoms with E-state index < -0.39 is 5.60 Å². The molecule has 1 aromatic rings. The number of thiazole rings is 1. The van der Waals surface area contributed by atoms with Gasteiger partial charge in [-0.3, -0.25) is 4.90 Å². The maximum Gasteiger partial charge on any atom is 0.0956 e. The van der Waals surface area contributed by atoms with Crippen LogP contribution in [0.4, 0.5) is 0 Å². The summed E-state index contributed by atoms with van der Waals surface area (Å²) in [6, 6.07) is 0.270. The predicted molar refractivity (Wildman–Crippen MR) is 83.9 cm³/mol. The quantitative estimate of drug-likeness (QED) is 0.826. The number of rotatable bonds is 7. The van der Waals surface area contributed by atoms with Crippen molar-refractivity contribution in [1.29, 1.82) is 0 Å². The van der Waals surface area contributed by atoms with Gasteiger partial charge in [-0.2, -0.15) is 0 Å². The molecule has 0 unspecified atom stereocenters. The molecular formula is C15H26N2O3S. The zero-order valence-corrected chi connectivity index (χ0v) is 14.0. The maximum atomic E-state index is 10.8. The average Bonchev–Trinajstić information content (AvgIpc) is 2.84. The number of methoxy groups -OCH3 is 2. The van der Waals surface area contributed by atoms with Gasteiger partial charge in [0.2, 0.25) is 0 Å². The van der Waals surface area contributed by atoms with Crippen LogP contribution in [0.2, 0.25) is 0 Å². The molecule has 1 aromatic heterocycles. The molecule has 0 amide bonds. The first-order chi connectivity index (χ1) is 10.1. The monoisotopic (exact) mass is 314 g/mol. The minimum atomic E-state index is -0.620. The summed E-state index contributed by atoms with van der Waals surface area (Å²) in [4.78, 5) is 6.82. The maximum absolute atomic E-state index is 10.8. The van der Waals surface area contributed by atoms with Crippen LogP contribution in [0, 0.1) is 6.92 Å². The lowest BCUT2D eigenvalue weighted by molar-refractivity contribution is -0.0497. The van der Waals surface area contributed by atoms with E-state index in [0.29, 0.717) is 19.6 Å². The summed E-state index contributed by atoms with van der Waals surface area (Å²) in [5, 5.41) is 13.8. The molecule has 0 bridgehead atoms. The summed E-state index contributed by atoms with van der Waals surface area (Å²) in [7, 11) is 3.43. The molecule has 120 valence electrons. The lowest BCUT2D eigenvalue weighted by atomic mass is 9.88. The summed E-state index contributed by atoms with van der Waals surface area (Å²) >= 11 is 1.64. The highest BCUT2D eigenvalue weighted by atomic mass is 32.1. The molecule has 1 aliphatic heterocycles. The van der Waals surface area contributed by atoms with Crippen LogP contribution in [-0.2, 0) is 15.9 Å². The van der Waals surface area contributed by atoms with E-state index in [9.17, 15) is 5.11 Å². The molecule has 5 nitrogen and oxygen atoms in total. The van der Waals surface area contributed by atoms with Gasteiger partial charge >= 0.3 is 0 Å². The van der Waals surface area contributed by atoms with Crippen LogP contribution in [0.25, 0.3) is 0 Å². The van der Waals surface area contributed by atoms with E-state index >= 15 is 0 Å². The third kappa shape index (κ3) is 4.72. The topological polar surface area (TPSA) is 54.8 Å². The van der Waals surface area contributed by atoms with Gasteiger partial charge in [0.1, 0.15) is 0 Å². The summed E-state index contributed by atoms with van der Waals surface area (Å²) in [6.45, 7) is 5.07. The third-order valence-corrected chi connectivity index (χ3v) is 5.08. The van der Waals surface area contributed by atoms with Crippen LogP contribution in [0.5, 0.6) is 0 Å². The van der Waals surface area contributed by atoms with Crippen molar-refractivity contribution in [2.24, 2.45) is 0 Å². The summed E-state index contributed by atoms with van der Waals surface area (Å²) in [5.74, 6) is 0. The first kappa shape index (κ1) is 16.8. The molecular weight excluding hydrogens is 288 g/mol. The SMILES string of the molecule is COCC(COC)N1CCC(O)(Cc2nc(C)cs2)CC1. The van der Waals surface area contributed by atoms with E-state index in [0.717, 1.165) is 36.6 Å². The van der Waals surface area contributed by atoms with Gasteiger partial charge in [-0.05, 0) is 19.8 Å². The van der Waals surface area contributed by atoms with Gasteiger partial charge in [-0.25, -0.2) is 4.98 Å². The normalized spacial score (nSPS) is 19.3. The fourth-order valence-electron chi connectivity index (χ4n) is 2.89. The van der Waals surface area contributed by atoms with Gasteiger partial charge in [-0.1, -0.05) is 0 Å². The largest absolute Gasteiger partial charge is 0.389 e. The highest BCUT2D eigenvalue weighted by molar-refractivity contribution is 7.09. The Labute approximate surface area is 130 Å². The highest BCUT2D eigenvalue weighted by Crippen LogP contribution is 2.28. The van der Waals surface area contributed by atoms with Gasteiger partial charge < -0.3 is 14.6 Å². The second-order valence-electron chi connectivity index (χ2n) is 5.88. The number of ether oxygens (including phenoxy) is 2. The van der Waals surface area contributed by atoms with Crippen molar-refractivity contribution in [1.82, 2.24) is 9.88 Å². The van der Waals surface area contributed by atoms with Crippen molar-refractivity contribution in [3.63, 3.8) is 0 Å². The molecule has 1 aliphatic rings. The number of aliphatic hydroxyl groups is 1. The van der Waals surface area contributed by atoms with Gasteiger partial charge in [0, 0.05) is 44.8 Å². The van der Waals surface area contributed by atoms with Crippen LogP contribution >= 0.6 is 11.3 Å². The first-order valence-electron chi connectivity index (χ1n) is 7.41. The van der Waals surface area contributed by atoms with Crippen LogP contribution in [0.15, 0.2) is 5.38 Å². The van der Waals surface area contributed by atoms with E-state index in [4.69, 9.17) is 9.47 Å². The van der Waals surface area contributed by atoms with Gasteiger partial charge in [-0.15, -0.1) is 11.3 Å². The van der Waals surface area contributed by atoms with E-state index in [1.165, 1.54) is 0 Å². The van der Waals surface area contributed by atoms with E-state index in [-0.39, 0.29) is 6.04 Å². The van der Waals surface area contributed by atoms with Crippen LogP contribution in [-0.4, -0.2) is 67.2 Å². The number of hydrogen-bond donors (Lipinski definition) is 1. The lowest BCUT2D eigenvalue weighted by Gasteiger charge is -2.41. The Morgan fingerprint density at radius 2 is 1.95 bits per heavy atom. The Bertz CT molecular complexity index is 424. The van der Waals surface area contributed by atoms with Crippen molar-refractivity contribution in [3.8, 4) is 0 Å². The fraction of sp³-hybridized carbons (Fsp3) is 0.800. The first-order valence-corrected chi connectivity index (χ1v) is 8.29. The second-order valence-corrected chi connectivity index (χ2v) is 6.83. The smallest absolute Gasteiger partial charge is 0.0956 e. The van der Waals surface area contributed by atoms with Gasteiger partial charge in [0.05, 0.1) is 29.9 Å². The van der Waals surface area contributed by atoms with Crippen LogP contribution in [0.1, 0.15) is 23.5 Å². The van der Waals surface area contributed by atoms with Crippen molar-refractivity contribution >= 4 is 11.3 Å². The summed E-state index contributed by atoms with van der Waals surface area (Å²) in [5.41, 5.74) is 0.419. The Hall–Kier alpha value is -0.530. The number of aromatic nitrogens is 1. The van der Waals surface area contributed by atoms with E-state index in [2.05, 4.69) is 9.88 Å². The Balaban J connectivity index is 1.88. The zero-order valence-electron chi connectivity index (χ0n) is 13.2. The Kier molecular flexibility index (Phi) is 6.13. The molecule has 6 heteroatoms. The van der Waals surface area contributed by atoms with Crippen molar-refractivity contribution in [2.45, 2.75) is 37.8 Å². The number of nitrogens with zero attached hydrogens (tertiary/aromatic N) is 2. The molecule has 1 N–H and O–H groups in total. The van der Waals surface area contributed by atoms with Gasteiger partial charge in [0.25, 0.3) is 0 Å². The zero-order chi connectivity index (χ0) is 15.3. The van der Waals surface area contributed by atoms with Crippen LogP contribution < -0.4 is 0 Å². The number of piperidine rings is 1. The van der Waals surface area contributed by atoms with E-state index in [1.54, 1.807) is 25.6 Å². The van der Waals surface area contributed by atoms with Crippen LogP contribution in [0.3, 0.4) is 0 Å². The Morgan fingerprint density at radius 3 is 2.43 bits per heavy atom. The molecule has 0 saturated carbocycles. The minimum absolute atomic E-state index is 0.270. The second kappa shape index (κ2) is 7.65. The third-order valence-electron chi connectivity index (χ3n) is 4.11. The number of hydrogen-bond acceptors (Lipinski definition) is 6. The van der Waals surface area contributed by atoms with E-state index in [1.807, 2.05) is 12.3 Å². The van der Waals surface area contributed by atoms with Gasteiger partial charge in [0.15, 0.2) is 0 Å². The molecule has 1 saturated heterocycles. The molecule has 0 spiro atoms. The average molecular weight is 314 g/mol. The molecule has 0 radical (unpaired) electrons. The van der Waals surface area contributed by atoms with Crippen molar-refractivity contribution in [3.05, 3.63) is 16.1 Å². The predicted octanol–water partition coefficient (Wildman–Crippen LogP) is 1.48. The summed E-state index contributed by atoms with van der Waals surface area (Å²) < 4.78 is 10.5. The molecule has 2 heterocycles. The number of aryl methyl sites for hydroxylation is 1. The summed E-state index contributed by atoms with van der Waals surface area (Å²) in [6.07, 6.45) is 2.21. The fourth-order valence-corrected chi connectivity index (χ4v) is 3.80. The molecule has 2 rings (SSSR count). The van der Waals surface area contributed by atoms with Crippen molar-refractivity contribution < 1.29 is 14.6 Å². The Morgan fingerprint density at radius 1 is 1.33 bits per heavy atom.